The summed E-state index contributed by atoms with van der Waals surface area (Å²) in [5, 5.41) is 12.6. The largest absolute Gasteiger partial charge is 0.322 e. The summed E-state index contributed by atoms with van der Waals surface area (Å²) in [7, 11) is 1.60. The summed E-state index contributed by atoms with van der Waals surface area (Å²) in [6.45, 7) is 8.13. The lowest BCUT2D eigenvalue weighted by atomic mass is 9.92. The van der Waals surface area contributed by atoms with Gasteiger partial charge in [-0.3, -0.25) is 4.79 Å². The number of aromatic nitrogens is 2. The fourth-order valence-corrected chi connectivity index (χ4v) is 3.84. The number of urea groups is 1. The molecular weight excluding hydrogens is 438 g/mol. The summed E-state index contributed by atoms with van der Waals surface area (Å²) in [5.41, 5.74) is 3.30. The molecule has 7 heteroatoms. The number of carbonyl (C=O) groups is 2. The van der Waals surface area contributed by atoms with Crippen molar-refractivity contribution < 1.29 is 9.59 Å². The Morgan fingerprint density at radius 3 is 2.37 bits per heavy atom. The highest BCUT2D eigenvalue weighted by molar-refractivity contribution is 6.02. The van der Waals surface area contributed by atoms with Crippen LogP contribution in [0.2, 0.25) is 0 Å². The molecule has 180 valence electrons. The molecule has 0 atom stereocenters. The third kappa shape index (κ3) is 5.35. The van der Waals surface area contributed by atoms with Gasteiger partial charge in [0.15, 0.2) is 0 Å². The van der Waals surface area contributed by atoms with Gasteiger partial charge in [-0.1, -0.05) is 75.4 Å². The molecule has 2 N–H and O–H groups in total. The van der Waals surface area contributed by atoms with E-state index >= 15 is 0 Å². The number of hydrogen-bond donors (Lipinski definition) is 2. The second kappa shape index (κ2) is 9.62. The molecule has 4 rings (SSSR count). The molecule has 3 aromatic carbocycles. The molecule has 0 aliphatic heterocycles. The average Bonchev–Trinajstić information content (AvgIpc) is 3.23. The number of anilines is 2. The molecule has 0 saturated heterocycles. The van der Waals surface area contributed by atoms with Gasteiger partial charge in [-0.05, 0) is 30.0 Å². The molecule has 0 spiro atoms. The van der Waals surface area contributed by atoms with Crippen LogP contribution in [0.5, 0.6) is 0 Å². The van der Waals surface area contributed by atoms with E-state index in [1.807, 2.05) is 79.7 Å². The zero-order chi connectivity index (χ0) is 25.2. The highest BCUT2D eigenvalue weighted by Crippen LogP contribution is 2.27. The summed E-state index contributed by atoms with van der Waals surface area (Å²) in [6.07, 6.45) is 0. The van der Waals surface area contributed by atoms with Crippen molar-refractivity contribution in [3.63, 3.8) is 0 Å². The number of carbonyl (C=O) groups excluding carboxylic acids is 2. The van der Waals surface area contributed by atoms with Gasteiger partial charge >= 0.3 is 6.03 Å². The van der Waals surface area contributed by atoms with Crippen LogP contribution in [0.1, 0.15) is 32.0 Å². The number of amides is 3. The van der Waals surface area contributed by atoms with Crippen LogP contribution in [0.4, 0.5) is 16.3 Å². The Kier molecular flexibility index (Phi) is 6.60. The predicted octanol–water partition coefficient (Wildman–Crippen LogP) is 5.73. The van der Waals surface area contributed by atoms with Gasteiger partial charge in [-0.25, -0.2) is 9.48 Å². The van der Waals surface area contributed by atoms with E-state index in [0.717, 1.165) is 27.7 Å². The van der Waals surface area contributed by atoms with E-state index in [1.54, 1.807) is 11.7 Å². The first-order chi connectivity index (χ1) is 16.6. The number of likely N-dealkylation sites (N-methyl/N-ethyl adjacent to an activating group) is 1. The molecule has 0 aliphatic carbocycles. The minimum Gasteiger partial charge on any atom is -0.318 e. The van der Waals surface area contributed by atoms with E-state index < -0.39 is 0 Å². The number of para-hydroxylation sites is 1. The van der Waals surface area contributed by atoms with Gasteiger partial charge in [0, 0.05) is 23.9 Å². The zero-order valence-corrected chi connectivity index (χ0v) is 20.8. The molecule has 0 unspecified atom stereocenters. The summed E-state index contributed by atoms with van der Waals surface area (Å²) >= 11 is 0. The monoisotopic (exact) mass is 469 g/mol. The average molecular weight is 470 g/mol. The SMILES string of the molecule is Cc1ccccc1-n1nc(C(C)(C)C)cc1NC(=O)CN(C)C(=O)Nc1cccc2ccccc12. The van der Waals surface area contributed by atoms with Crippen LogP contribution in [0.25, 0.3) is 16.5 Å². The van der Waals surface area contributed by atoms with E-state index in [4.69, 9.17) is 5.10 Å². The predicted molar refractivity (Wildman–Crippen MR) is 141 cm³/mol. The van der Waals surface area contributed by atoms with E-state index in [9.17, 15) is 9.59 Å². The van der Waals surface area contributed by atoms with Gasteiger partial charge in [0.2, 0.25) is 5.91 Å². The smallest absolute Gasteiger partial charge is 0.318 e. The Hall–Kier alpha value is -4.13. The van der Waals surface area contributed by atoms with Gasteiger partial charge in [-0.15, -0.1) is 0 Å². The van der Waals surface area contributed by atoms with Crippen molar-refractivity contribution in [1.82, 2.24) is 14.7 Å². The topological polar surface area (TPSA) is 79.3 Å². The van der Waals surface area contributed by atoms with Crippen LogP contribution in [0.15, 0.2) is 72.8 Å². The van der Waals surface area contributed by atoms with Crippen LogP contribution >= 0.6 is 0 Å². The van der Waals surface area contributed by atoms with Crippen molar-refractivity contribution in [2.24, 2.45) is 0 Å². The second-order valence-electron chi connectivity index (χ2n) is 9.72. The van der Waals surface area contributed by atoms with Gasteiger partial charge in [0.1, 0.15) is 12.4 Å². The summed E-state index contributed by atoms with van der Waals surface area (Å²) in [5.74, 6) is 0.257. The standard InChI is InChI=1S/C28H31N5O2/c1-19-11-6-9-16-23(19)33-25(17-24(31-33)28(2,3)4)30-26(34)18-32(5)27(35)29-22-15-10-13-20-12-7-8-14-21(20)22/h6-17H,18H2,1-5H3,(H,29,35)(H,30,34). The van der Waals surface area contributed by atoms with Crippen molar-refractivity contribution in [2.75, 3.05) is 24.2 Å². The number of benzene rings is 3. The fourth-order valence-electron chi connectivity index (χ4n) is 3.84. The van der Waals surface area contributed by atoms with Crippen molar-refractivity contribution in [1.29, 1.82) is 0 Å². The quantitative estimate of drug-likeness (QED) is 0.392. The maximum Gasteiger partial charge on any atom is 0.322 e. The minimum atomic E-state index is -0.362. The normalized spacial score (nSPS) is 11.3. The Morgan fingerprint density at radius 1 is 0.943 bits per heavy atom. The lowest BCUT2D eigenvalue weighted by Crippen LogP contribution is -2.38. The van der Waals surface area contributed by atoms with Crippen molar-refractivity contribution >= 4 is 34.2 Å². The molecule has 3 amide bonds. The fraction of sp³-hybridized carbons (Fsp3) is 0.250. The highest BCUT2D eigenvalue weighted by Gasteiger charge is 2.23. The van der Waals surface area contributed by atoms with Crippen molar-refractivity contribution in [3.05, 3.63) is 84.1 Å². The minimum absolute atomic E-state index is 0.111. The Labute approximate surface area is 205 Å². The van der Waals surface area contributed by atoms with Crippen LogP contribution in [-0.2, 0) is 10.2 Å². The third-order valence-electron chi connectivity index (χ3n) is 5.85. The van der Waals surface area contributed by atoms with Gasteiger partial charge in [0.05, 0.1) is 17.1 Å². The van der Waals surface area contributed by atoms with Gasteiger partial charge in [0.25, 0.3) is 0 Å². The molecule has 0 saturated carbocycles. The zero-order valence-electron chi connectivity index (χ0n) is 20.8. The van der Waals surface area contributed by atoms with Crippen molar-refractivity contribution in [2.45, 2.75) is 33.1 Å². The lowest BCUT2D eigenvalue weighted by molar-refractivity contribution is -0.116. The van der Waals surface area contributed by atoms with Gasteiger partial charge < -0.3 is 15.5 Å². The third-order valence-corrected chi connectivity index (χ3v) is 5.85. The summed E-state index contributed by atoms with van der Waals surface area (Å²) in [4.78, 5) is 27.1. The molecule has 0 fully saturated rings. The number of hydrogen-bond acceptors (Lipinski definition) is 3. The molecule has 35 heavy (non-hydrogen) atoms. The first kappa shape index (κ1) is 24.0. The Morgan fingerprint density at radius 2 is 1.63 bits per heavy atom. The van der Waals surface area contributed by atoms with Crippen LogP contribution in [0, 0.1) is 6.92 Å². The maximum absolute atomic E-state index is 12.9. The van der Waals surface area contributed by atoms with E-state index in [0.29, 0.717) is 11.5 Å². The summed E-state index contributed by atoms with van der Waals surface area (Å²) in [6, 6.07) is 23.0. The number of fused-ring (bicyclic) bond motifs is 1. The molecular formula is C28H31N5O2. The molecule has 1 aromatic heterocycles. The molecule has 1 heterocycles. The number of aryl methyl sites for hydroxylation is 1. The maximum atomic E-state index is 12.9. The summed E-state index contributed by atoms with van der Waals surface area (Å²) < 4.78 is 1.75. The first-order valence-corrected chi connectivity index (χ1v) is 11.6. The number of nitrogens with one attached hydrogen (secondary N) is 2. The molecule has 7 nitrogen and oxygen atoms in total. The Bertz CT molecular complexity index is 1380. The van der Waals surface area contributed by atoms with Crippen LogP contribution < -0.4 is 10.6 Å². The molecule has 0 aliphatic rings. The van der Waals surface area contributed by atoms with Crippen molar-refractivity contribution in [3.8, 4) is 5.69 Å². The first-order valence-electron chi connectivity index (χ1n) is 11.6. The molecule has 0 bridgehead atoms. The van der Waals surface area contributed by atoms with E-state index in [2.05, 4.69) is 31.4 Å². The molecule has 0 radical (unpaired) electrons. The highest BCUT2D eigenvalue weighted by atomic mass is 16.2. The van der Waals surface area contributed by atoms with E-state index in [-0.39, 0.29) is 23.9 Å². The second-order valence-corrected chi connectivity index (χ2v) is 9.72. The Balaban J connectivity index is 1.50. The lowest BCUT2D eigenvalue weighted by Gasteiger charge is -2.19. The number of rotatable bonds is 5. The number of nitrogens with zero attached hydrogens (tertiary/aromatic N) is 3. The van der Waals surface area contributed by atoms with Crippen LogP contribution in [-0.4, -0.2) is 40.2 Å². The molecule has 4 aromatic rings. The van der Waals surface area contributed by atoms with E-state index in [1.165, 1.54) is 4.90 Å². The van der Waals surface area contributed by atoms with Gasteiger partial charge in [-0.2, -0.15) is 5.10 Å². The van der Waals surface area contributed by atoms with Crippen LogP contribution in [0.3, 0.4) is 0 Å².